The number of nitrogens with zero attached hydrogens (tertiary/aromatic N) is 6. The van der Waals surface area contributed by atoms with Crippen molar-refractivity contribution in [1.82, 2.24) is 24.3 Å². The zero-order valence-corrected chi connectivity index (χ0v) is 14.7. The second-order valence-corrected chi connectivity index (χ2v) is 6.63. The molecule has 134 valence electrons. The third-order valence-corrected chi connectivity index (χ3v) is 4.85. The minimum atomic E-state index is 0.309. The normalized spacial score (nSPS) is 16.7. The van der Waals surface area contributed by atoms with E-state index in [-0.39, 0.29) is 0 Å². The zero-order valence-electron chi connectivity index (χ0n) is 14.7. The maximum atomic E-state index is 4.77. The molecule has 27 heavy (non-hydrogen) atoms. The van der Waals surface area contributed by atoms with E-state index in [1.54, 1.807) is 12.4 Å². The van der Waals surface area contributed by atoms with E-state index < -0.39 is 0 Å². The van der Waals surface area contributed by atoms with Crippen LogP contribution in [0.15, 0.2) is 67.4 Å². The SMILES string of the molecule is c1ccc(-c2ccnc(N3CCC(Nc4cncc5nccn45)C3)n2)cc1. The predicted molar refractivity (Wildman–Crippen MR) is 105 cm³/mol. The van der Waals surface area contributed by atoms with Crippen molar-refractivity contribution >= 4 is 17.4 Å². The Balaban J connectivity index is 1.33. The first-order valence-corrected chi connectivity index (χ1v) is 9.04. The van der Waals surface area contributed by atoms with E-state index in [2.05, 4.69) is 37.3 Å². The lowest BCUT2D eigenvalue weighted by atomic mass is 10.1. The molecule has 1 aliphatic heterocycles. The van der Waals surface area contributed by atoms with Crippen LogP contribution in [0.4, 0.5) is 11.8 Å². The van der Waals surface area contributed by atoms with Crippen LogP contribution >= 0.6 is 0 Å². The summed E-state index contributed by atoms with van der Waals surface area (Å²) in [5.74, 6) is 1.73. The number of rotatable bonds is 4. The van der Waals surface area contributed by atoms with Gasteiger partial charge in [0, 0.05) is 43.3 Å². The molecule has 0 saturated carbocycles. The molecule has 0 aliphatic carbocycles. The number of anilines is 2. The van der Waals surface area contributed by atoms with Crippen molar-refractivity contribution in [2.24, 2.45) is 0 Å². The van der Waals surface area contributed by atoms with Gasteiger partial charge in [0.15, 0.2) is 5.65 Å². The standard InChI is InChI=1S/C20H19N7/c1-2-4-15(5-3-1)17-6-8-23-20(25-17)26-10-7-16(14-26)24-19-13-21-12-18-22-9-11-27(18)19/h1-6,8-9,11-13,16,24H,7,10,14H2. The molecule has 4 aromatic rings. The maximum Gasteiger partial charge on any atom is 0.225 e. The molecule has 0 amide bonds. The minimum Gasteiger partial charge on any atom is -0.365 e. The van der Waals surface area contributed by atoms with E-state index in [4.69, 9.17) is 4.98 Å². The first-order chi connectivity index (χ1) is 13.4. The van der Waals surface area contributed by atoms with Gasteiger partial charge in [0.05, 0.1) is 18.1 Å². The summed E-state index contributed by atoms with van der Waals surface area (Å²) in [6, 6.07) is 12.5. The predicted octanol–water partition coefficient (Wildman–Crippen LogP) is 2.88. The van der Waals surface area contributed by atoms with Gasteiger partial charge >= 0.3 is 0 Å². The van der Waals surface area contributed by atoms with Crippen LogP contribution in [0.2, 0.25) is 0 Å². The fraction of sp³-hybridized carbons (Fsp3) is 0.200. The topological polar surface area (TPSA) is 71.2 Å². The summed E-state index contributed by atoms with van der Waals surface area (Å²) < 4.78 is 2.02. The van der Waals surface area contributed by atoms with Gasteiger partial charge in [-0.3, -0.25) is 9.38 Å². The van der Waals surface area contributed by atoms with Gasteiger partial charge in [-0.1, -0.05) is 30.3 Å². The second kappa shape index (κ2) is 6.68. The summed E-state index contributed by atoms with van der Waals surface area (Å²) >= 11 is 0. The molecule has 1 N–H and O–H groups in total. The monoisotopic (exact) mass is 357 g/mol. The number of aromatic nitrogens is 5. The van der Waals surface area contributed by atoms with Crippen LogP contribution in [-0.4, -0.2) is 43.5 Å². The number of benzene rings is 1. The molecule has 1 unspecified atom stereocenters. The molecule has 1 atom stereocenters. The van der Waals surface area contributed by atoms with Gasteiger partial charge in [0.25, 0.3) is 0 Å². The van der Waals surface area contributed by atoms with Crippen molar-refractivity contribution in [3.63, 3.8) is 0 Å². The lowest BCUT2D eigenvalue weighted by molar-refractivity contribution is 0.793. The van der Waals surface area contributed by atoms with Crippen LogP contribution in [-0.2, 0) is 0 Å². The fourth-order valence-corrected chi connectivity index (χ4v) is 3.50. The number of hydrogen-bond acceptors (Lipinski definition) is 6. The Morgan fingerprint density at radius 1 is 1.00 bits per heavy atom. The molecule has 1 fully saturated rings. The van der Waals surface area contributed by atoms with Crippen LogP contribution in [0.25, 0.3) is 16.9 Å². The van der Waals surface area contributed by atoms with Crippen LogP contribution in [0.1, 0.15) is 6.42 Å². The van der Waals surface area contributed by atoms with Gasteiger partial charge in [-0.05, 0) is 12.5 Å². The first-order valence-electron chi connectivity index (χ1n) is 9.04. The molecule has 0 spiro atoms. The highest BCUT2D eigenvalue weighted by Crippen LogP contribution is 2.23. The minimum absolute atomic E-state index is 0.309. The van der Waals surface area contributed by atoms with Gasteiger partial charge in [-0.2, -0.15) is 0 Å². The molecule has 5 rings (SSSR count). The molecule has 7 nitrogen and oxygen atoms in total. The van der Waals surface area contributed by atoms with Crippen LogP contribution < -0.4 is 10.2 Å². The number of nitrogens with one attached hydrogen (secondary N) is 1. The smallest absolute Gasteiger partial charge is 0.225 e. The average Bonchev–Trinajstić information content (AvgIpc) is 3.39. The Morgan fingerprint density at radius 3 is 2.85 bits per heavy atom. The molecule has 3 aromatic heterocycles. The van der Waals surface area contributed by atoms with Gasteiger partial charge < -0.3 is 10.2 Å². The van der Waals surface area contributed by atoms with Gasteiger partial charge in [-0.15, -0.1) is 0 Å². The quantitative estimate of drug-likeness (QED) is 0.606. The van der Waals surface area contributed by atoms with Crippen molar-refractivity contribution in [2.75, 3.05) is 23.3 Å². The average molecular weight is 357 g/mol. The van der Waals surface area contributed by atoms with E-state index >= 15 is 0 Å². The van der Waals surface area contributed by atoms with E-state index in [0.29, 0.717) is 6.04 Å². The Morgan fingerprint density at radius 2 is 1.93 bits per heavy atom. The number of imidazole rings is 1. The Kier molecular flexibility index (Phi) is 3.90. The molecule has 7 heteroatoms. The fourth-order valence-electron chi connectivity index (χ4n) is 3.50. The highest BCUT2D eigenvalue weighted by atomic mass is 15.3. The van der Waals surface area contributed by atoms with E-state index in [0.717, 1.165) is 48.2 Å². The van der Waals surface area contributed by atoms with Crippen molar-refractivity contribution in [3.8, 4) is 11.3 Å². The van der Waals surface area contributed by atoms with E-state index in [9.17, 15) is 0 Å². The van der Waals surface area contributed by atoms with Crippen LogP contribution in [0.3, 0.4) is 0 Å². The maximum absolute atomic E-state index is 4.77. The summed E-state index contributed by atoms with van der Waals surface area (Å²) in [6.07, 6.45) is 10.2. The van der Waals surface area contributed by atoms with Crippen molar-refractivity contribution in [3.05, 3.63) is 67.4 Å². The molecule has 4 heterocycles. The van der Waals surface area contributed by atoms with Crippen LogP contribution in [0.5, 0.6) is 0 Å². The Hall–Kier alpha value is -3.48. The van der Waals surface area contributed by atoms with E-state index in [1.165, 1.54) is 0 Å². The molecule has 0 radical (unpaired) electrons. The lowest BCUT2D eigenvalue weighted by Gasteiger charge is -2.18. The molecule has 0 bridgehead atoms. The highest BCUT2D eigenvalue weighted by Gasteiger charge is 2.25. The second-order valence-electron chi connectivity index (χ2n) is 6.63. The van der Waals surface area contributed by atoms with Crippen molar-refractivity contribution in [1.29, 1.82) is 0 Å². The number of fused-ring (bicyclic) bond motifs is 1. The third-order valence-electron chi connectivity index (χ3n) is 4.85. The van der Waals surface area contributed by atoms with Crippen molar-refractivity contribution in [2.45, 2.75) is 12.5 Å². The Bertz CT molecular complexity index is 1060. The summed E-state index contributed by atoms with van der Waals surface area (Å²) in [5, 5.41) is 3.58. The zero-order chi connectivity index (χ0) is 18.1. The largest absolute Gasteiger partial charge is 0.365 e. The summed E-state index contributed by atoms with van der Waals surface area (Å²) in [7, 11) is 0. The first kappa shape index (κ1) is 15.7. The van der Waals surface area contributed by atoms with Gasteiger partial charge in [0.1, 0.15) is 5.82 Å². The third kappa shape index (κ3) is 3.08. The summed E-state index contributed by atoms with van der Waals surface area (Å²) in [4.78, 5) is 20.0. The molecule has 1 aliphatic rings. The molecule has 1 saturated heterocycles. The van der Waals surface area contributed by atoms with Gasteiger partial charge in [-0.25, -0.2) is 15.0 Å². The molecular weight excluding hydrogens is 338 g/mol. The lowest BCUT2D eigenvalue weighted by Crippen LogP contribution is -2.28. The molecule has 1 aromatic carbocycles. The van der Waals surface area contributed by atoms with E-state index in [1.807, 2.05) is 47.3 Å². The highest BCUT2D eigenvalue weighted by molar-refractivity contribution is 5.60. The van der Waals surface area contributed by atoms with Crippen LogP contribution in [0, 0.1) is 0 Å². The number of hydrogen-bond donors (Lipinski definition) is 1. The van der Waals surface area contributed by atoms with Gasteiger partial charge in [0.2, 0.25) is 5.95 Å². The Labute approximate surface area is 156 Å². The summed E-state index contributed by atoms with van der Waals surface area (Å²) in [5.41, 5.74) is 2.89. The summed E-state index contributed by atoms with van der Waals surface area (Å²) in [6.45, 7) is 1.77. The molecular formula is C20H19N7. The van der Waals surface area contributed by atoms with Crippen molar-refractivity contribution < 1.29 is 0 Å².